The van der Waals surface area contributed by atoms with E-state index in [1.807, 2.05) is 17.0 Å². The Morgan fingerprint density at radius 2 is 1.88 bits per heavy atom. The first-order valence-corrected chi connectivity index (χ1v) is 5.88. The first-order valence-electron chi connectivity index (χ1n) is 5.88. The number of hydrogen-bond donors (Lipinski definition) is 0. The Kier molecular flexibility index (Phi) is 3.74. The molecule has 1 fully saturated rings. The molecule has 1 aliphatic rings. The van der Waals surface area contributed by atoms with Crippen LogP contribution in [0.25, 0.3) is 0 Å². The summed E-state index contributed by atoms with van der Waals surface area (Å²) < 4.78 is 13.5. The molecule has 0 N–H and O–H groups in total. The molecule has 1 aromatic carbocycles. The summed E-state index contributed by atoms with van der Waals surface area (Å²) in [5.41, 5.74) is 0.726. The van der Waals surface area contributed by atoms with Gasteiger partial charge in [-0.05, 0) is 6.07 Å². The van der Waals surface area contributed by atoms with Gasteiger partial charge >= 0.3 is 0 Å². The molecule has 1 heterocycles. The van der Waals surface area contributed by atoms with Crippen molar-refractivity contribution in [3.63, 3.8) is 0 Å². The maximum Gasteiger partial charge on any atom is 0.219 e. The van der Waals surface area contributed by atoms with Crippen molar-refractivity contribution in [3.8, 4) is 0 Å². The molecule has 0 aliphatic carbocycles. The molecular formula is C13H17FN2O. The van der Waals surface area contributed by atoms with Crippen molar-refractivity contribution in [3.05, 3.63) is 35.6 Å². The van der Waals surface area contributed by atoms with Crippen molar-refractivity contribution in [1.82, 2.24) is 9.80 Å². The molecule has 92 valence electrons. The number of nitrogens with zero attached hydrogens (tertiary/aromatic N) is 2. The number of rotatable bonds is 2. The summed E-state index contributed by atoms with van der Waals surface area (Å²) >= 11 is 0. The maximum absolute atomic E-state index is 13.5. The van der Waals surface area contributed by atoms with Crippen LogP contribution in [0, 0.1) is 5.82 Å². The SMILES string of the molecule is CC(=O)N1CCN(Cc2ccccc2F)CC1. The third kappa shape index (κ3) is 3.03. The van der Waals surface area contributed by atoms with Gasteiger partial charge in [0.1, 0.15) is 5.82 Å². The highest BCUT2D eigenvalue weighted by atomic mass is 19.1. The molecule has 1 aromatic rings. The molecule has 0 radical (unpaired) electrons. The van der Waals surface area contributed by atoms with Crippen LogP contribution < -0.4 is 0 Å². The minimum atomic E-state index is -0.151. The van der Waals surface area contributed by atoms with Gasteiger partial charge in [-0.15, -0.1) is 0 Å². The molecule has 0 spiro atoms. The van der Waals surface area contributed by atoms with Gasteiger partial charge in [0, 0.05) is 45.2 Å². The fourth-order valence-corrected chi connectivity index (χ4v) is 2.09. The molecule has 1 amide bonds. The summed E-state index contributed by atoms with van der Waals surface area (Å²) in [4.78, 5) is 15.2. The molecule has 1 aliphatic heterocycles. The van der Waals surface area contributed by atoms with Crippen LogP contribution in [0.2, 0.25) is 0 Å². The second-order valence-electron chi connectivity index (χ2n) is 4.37. The number of amides is 1. The van der Waals surface area contributed by atoms with E-state index in [0.717, 1.165) is 31.7 Å². The van der Waals surface area contributed by atoms with Crippen LogP contribution in [0.15, 0.2) is 24.3 Å². The van der Waals surface area contributed by atoms with Crippen LogP contribution >= 0.6 is 0 Å². The summed E-state index contributed by atoms with van der Waals surface area (Å²) in [6.45, 7) is 5.32. The van der Waals surface area contributed by atoms with Crippen molar-refractivity contribution in [2.24, 2.45) is 0 Å². The second kappa shape index (κ2) is 5.27. The van der Waals surface area contributed by atoms with E-state index in [2.05, 4.69) is 4.90 Å². The Hall–Kier alpha value is -1.42. The zero-order valence-electron chi connectivity index (χ0n) is 10.0. The predicted molar refractivity (Wildman–Crippen MR) is 63.9 cm³/mol. The molecule has 0 saturated carbocycles. The molecule has 17 heavy (non-hydrogen) atoms. The molecule has 4 heteroatoms. The van der Waals surface area contributed by atoms with Crippen molar-refractivity contribution in [1.29, 1.82) is 0 Å². The van der Waals surface area contributed by atoms with Crippen LogP contribution in [0.4, 0.5) is 4.39 Å². The van der Waals surface area contributed by atoms with Gasteiger partial charge in [0.2, 0.25) is 5.91 Å². The second-order valence-corrected chi connectivity index (χ2v) is 4.37. The van der Waals surface area contributed by atoms with Crippen LogP contribution in [0.1, 0.15) is 12.5 Å². The Morgan fingerprint density at radius 1 is 1.24 bits per heavy atom. The van der Waals surface area contributed by atoms with Crippen LogP contribution in [0.3, 0.4) is 0 Å². The molecule has 3 nitrogen and oxygen atoms in total. The van der Waals surface area contributed by atoms with Crippen molar-refractivity contribution in [2.75, 3.05) is 26.2 Å². The third-order valence-electron chi connectivity index (χ3n) is 3.17. The Bertz CT molecular complexity index is 400. The molecule has 2 rings (SSSR count). The minimum Gasteiger partial charge on any atom is -0.340 e. The lowest BCUT2D eigenvalue weighted by molar-refractivity contribution is -0.130. The number of benzene rings is 1. The summed E-state index contributed by atoms with van der Waals surface area (Å²) in [6.07, 6.45) is 0. The predicted octanol–water partition coefficient (Wildman–Crippen LogP) is 1.49. The average Bonchev–Trinajstić information content (AvgIpc) is 2.33. The van der Waals surface area contributed by atoms with E-state index in [1.165, 1.54) is 6.07 Å². The highest BCUT2D eigenvalue weighted by Crippen LogP contribution is 2.11. The van der Waals surface area contributed by atoms with E-state index in [-0.39, 0.29) is 11.7 Å². The Labute approximate surface area is 101 Å². The monoisotopic (exact) mass is 236 g/mol. The first-order chi connectivity index (χ1) is 8.16. The lowest BCUT2D eigenvalue weighted by atomic mass is 10.2. The Morgan fingerprint density at radius 3 is 2.47 bits per heavy atom. The smallest absolute Gasteiger partial charge is 0.219 e. The first kappa shape index (κ1) is 12.0. The van der Waals surface area contributed by atoms with Crippen LogP contribution in [-0.4, -0.2) is 41.9 Å². The zero-order chi connectivity index (χ0) is 12.3. The van der Waals surface area contributed by atoms with Gasteiger partial charge in [0.15, 0.2) is 0 Å². The minimum absolute atomic E-state index is 0.121. The van der Waals surface area contributed by atoms with Gasteiger partial charge in [-0.2, -0.15) is 0 Å². The Balaban J connectivity index is 1.90. The molecule has 0 bridgehead atoms. The number of halogens is 1. The lowest BCUT2D eigenvalue weighted by Crippen LogP contribution is -2.47. The molecular weight excluding hydrogens is 219 g/mol. The van der Waals surface area contributed by atoms with Gasteiger partial charge in [0.05, 0.1) is 0 Å². The van der Waals surface area contributed by atoms with E-state index >= 15 is 0 Å². The van der Waals surface area contributed by atoms with E-state index in [1.54, 1.807) is 13.0 Å². The van der Waals surface area contributed by atoms with E-state index in [9.17, 15) is 9.18 Å². The normalized spacial score (nSPS) is 17.2. The van der Waals surface area contributed by atoms with Crippen molar-refractivity contribution in [2.45, 2.75) is 13.5 Å². The van der Waals surface area contributed by atoms with Crippen LogP contribution in [-0.2, 0) is 11.3 Å². The fourth-order valence-electron chi connectivity index (χ4n) is 2.09. The quantitative estimate of drug-likeness (QED) is 0.776. The highest BCUT2D eigenvalue weighted by Gasteiger charge is 2.19. The van der Waals surface area contributed by atoms with Gasteiger partial charge in [0.25, 0.3) is 0 Å². The summed E-state index contributed by atoms with van der Waals surface area (Å²) in [5.74, 6) is -0.0305. The fraction of sp³-hybridized carbons (Fsp3) is 0.462. The van der Waals surface area contributed by atoms with Gasteiger partial charge in [-0.3, -0.25) is 9.69 Å². The summed E-state index contributed by atoms with van der Waals surface area (Å²) in [6, 6.07) is 6.85. The molecule has 0 unspecified atom stereocenters. The molecule has 0 aromatic heterocycles. The number of carbonyl (C=O) groups excluding carboxylic acids is 1. The summed E-state index contributed by atoms with van der Waals surface area (Å²) in [7, 11) is 0. The van der Waals surface area contributed by atoms with Crippen molar-refractivity contribution < 1.29 is 9.18 Å². The van der Waals surface area contributed by atoms with Crippen LogP contribution in [0.5, 0.6) is 0 Å². The van der Waals surface area contributed by atoms with Gasteiger partial charge in [-0.25, -0.2) is 4.39 Å². The van der Waals surface area contributed by atoms with Crippen molar-refractivity contribution >= 4 is 5.91 Å². The largest absolute Gasteiger partial charge is 0.340 e. The lowest BCUT2D eigenvalue weighted by Gasteiger charge is -2.34. The third-order valence-corrected chi connectivity index (χ3v) is 3.17. The number of piperazine rings is 1. The zero-order valence-corrected chi connectivity index (χ0v) is 10.0. The van der Waals surface area contributed by atoms with E-state index in [4.69, 9.17) is 0 Å². The van der Waals surface area contributed by atoms with Gasteiger partial charge < -0.3 is 4.90 Å². The molecule has 0 atom stereocenters. The van der Waals surface area contributed by atoms with E-state index < -0.39 is 0 Å². The topological polar surface area (TPSA) is 23.6 Å². The average molecular weight is 236 g/mol. The maximum atomic E-state index is 13.5. The number of carbonyl (C=O) groups is 1. The highest BCUT2D eigenvalue weighted by molar-refractivity contribution is 5.73. The van der Waals surface area contributed by atoms with E-state index in [0.29, 0.717) is 6.54 Å². The standard InChI is InChI=1S/C13H17FN2O/c1-11(17)16-8-6-15(7-9-16)10-12-4-2-3-5-13(12)14/h2-5H,6-10H2,1H3. The van der Waals surface area contributed by atoms with Gasteiger partial charge in [-0.1, -0.05) is 18.2 Å². The summed E-state index contributed by atoms with van der Waals surface area (Å²) in [5, 5.41) is 0. The molecule has 1 saturated heterocycles. The number of hydrogen-bond acceptors (Lipinski definition) is 2.